The molecule has 0 atom stereocenters. The number of fused-ring (bicyclic) bond motifs is 1. The van der Waals surface area contributed by atoms with E-state index in [9.17, 15) is 4.79 Å². The maximum Gasteiger partial charge on any atom is 0.228 e. The van der Waals surface area contributed by atoms with E-state index in [4.69, 9.17) is 4.42 Å². The second kappa shape index (κ2) is 4.39. The molecule has 0 N–H and O–H groups in total. The summed E-state index contributed by atoms with van der Waals surface area (Å²) in [5.41, 5.74) is 3.64. The lowest BCUT2D eigenvalue weighted by molar-refractivity contribution is 0.101. The van der Waals surface area contributed by atoms with E-state index in [1.165, 1.54) is 0 Å². The Morgan fingerprint density at radius 2 is 1.74 bits per heavy atom. The number of aryl methyl sites for hydroxylation is 2. The molecule has 0 spiro atoms. The van der Waals surface area contributed by atoms with Gasteiger partial charge >= 0.3 is 0 Å². The molecule has 94 valence electrons. The Morgan fingerprint density at radius 1 is 0.947 bits per heavy atom. The van der Waals surface area contributed by atoms with Gasteiger partial charge in [0.2, 0.25) is 5.78 Å². The number of benzene rings is 2. The number of hydrogen-bond acceptors (Lipinski definition) is 2. The molecule has 2 heteroatoms. The van der Waals surface area contributed by atoms with Crippen molar-refractivity contribution in [1.29, 1.82) is 0 Å². The zero-order valence-corrected chi connectivity index (χ0v) is 10.9. The predicted molar refractivity (Wildman–Crippen MR) is 75.6 cm³/mol. The summed E-state index contributed by atoms with van der Waals surface area (Å²) in [6.07, 6.45) is 0. The molecule has 2 aromatic carbocycles. The van der Waals surface area contributed by atoms with Crippen LogP contribution in [0.2, 0.25) is 0 Å². The Labute approximate surface area is 111 Å². The van der Waals surface area contributed by atoms with Gasteiger partial charge in [-0.3, -0.25) is 4.79 Å². The minimum atomic E-state index is -0.0717. The molecule has 0 saturated heterocycles. The highest BCUT2D eigenvalue weighted by Crippen LogP contribution is 2.22. The second-order valence-corrected chi connectivity index (χ2v) is 4.85. The number of furan rings is 1. The molecule has 3 rings (SSSR count). The highest BCUT2D eigenvalue weighted by Gasteiger charge is 2.14. The monoisotopic (exact) mass is 250 g/mol. The van der Waals surface area contributed by atoms with Gasteiger partial charge in [-0.05, 0) is 38.1 Å². The largest absolute Gasteiger partial charge is 0.453 e. The molecule has 2 nitrogen and oxygen atoms in total. The second-order valence-electron chi connectivity index (χ2n) is 4.85. The molecule has 0 aliphatic rings. The molecule has 0 aliphatic heterocycles. The summed E-state index contributed by atoms with van der Waals surface area (Å²) in [6, 6.07) is 15.3. The normalized spacial score (nSPS) is 10.8. The first kappa shape index (κ1) is 11.7. The Bertz CT molecular complexity index is 766. The van der Waals surface area contributed by atoms with Crippen LogP contribution in [0.3, 0.4) is 0 Å². The fraction of sp³-hybridized carbons (Fsp3) is 0.118. The van der Waals surface area contributed by atoms with Gasteiger partial charge in [-0.2, -0.15) is 0 Å². The molecule has 1 aromatic heterocycles. The van der Waals surface area contributed by atoms with Crippen LogP contribution in [-0.2, 0) is 0 Å². The van der Waals surface area contributed by atoms with Crippen LogP contribution >= 0.6 is 0 Å². The third-order valence-corrected chi connectivity index (χ3v) is 3.18. The third-order valence-electron chi connectivity index (χ3n) is 3.18. The van der Waals surface area contributed by atoms with Crippen LogP contribution in [0.5, 0.6) is 0 Å². The van der Waals surface area contributed by atoms with E-state index in [2.05, 4.69) is 0 Å². The first-order chi connectivity index (χ1) is 9.13. The molecule has 0 amide bonds. The van der Waals surface area contributed by atoms with Crippen LogP contribution in [0.15, 0.2) is 52.9 Å². The molecule has 1 heterocycles. The van der Waals surface area contributed by atoms with Gasteiger partial charge < -0.3 is 4.42 Å². The lowest BCUT2D eigenvalue weighted by Crippen LogP contribution is -1.99. The molecule has 0 fully saturated rings. The van der Waals surface area contributed by atoms with E-state index in [0.29, 0.717) is 11.3 Å². The van der Waals surface area contributed by atoms with Crippen LogP contribution in [0, 0.1) is 13.8 Å². The summed E-state index contributed by atoms with van der Waals surface area (Å²) in [4.78, 5) is 12.4. The van der Waals surface area contributed by atoms with E-state index in [0.717, 1.165) is 22.1 Å². The summed E-state index contributed by atoms with van der Waals surface area (Å²) >= 11 is 0. The van der Waals surface area contributed by atoms with Gasteiger partial charge in [-0.15, -0.1) is 0 Å². The van der Waals surface area contributed by atoms with Crippen LogP contribution in [0.4, 0.5) is 0 Å². The fourth-order valence-corrected chi connectivity index (χ4v) is 2.20. The van der Waals surface area contributed by atoms with Crippen molar-refractivity contribution in [2.75, 3.05) is 0 Å². The molecule has 19 heavy (non-hydrogen) atoms. The van der Waals surface area contributed by atoms with Crippen molar-refractivity contribution in [3.63, 3.8) is 0 Å². The molecule has 0 radical (unpaired) electrons. The average molecular weight is 250 g/mol. The van der Waals surface area contributed by atoms with Gasteiger partial charge in [0, 0.05) is 10.9 Å². The SMILES string of the molecule is Cc1cccc(C(=O)c2cc3cc(C)ccc3o2)c1. The Balaban J connectivity index is 2.06. The Morgan fingerprint density at radius 3 is 2.53 bits per heavy atom. The predicted octanol–water partition coefficient (Wildman–Crippen LogP) is 4.28. The summed E-state index contributed by atoms with van der Waals surface area (Å²) < 4.78 is 5.63. The van der Waals surface area contributed by atoms with E-state index < -0.39 is 0 Å². The summed E-state index contributed by atoms with van der Waals surface area (Å²) in [5, 5.41) is 0.969. The lowest BCUT2D eigenvalue weighted by Gasteiger charge is -1.98. The highest BCUT2D eigenvalue weighted by atomic mass is 16.3. The minimum absolute atomic E-state index is 0.0717. The topological polar surface area (TPSA) is 30.2 Å². The zero-order valence-electron chi connectivity index (χ0n) is 10.9. The molecule has 0 bridgehead atoms. The van der Waals surface area contributed by atoms with Gasteiger partial charge in [0.05, 0.1) is 0 Å². The number of hydrogen-bond donors (Lipinski definition) is 0. The molecular weight excluding hydrogens is 236 g/mol. The summed E-state index contributed by atoms with van der Waals surface area (Å²) in [7, 11) is 0. The lowest BCUT2D eigenvalue weighted by atomic mass is 10.1. The van der Waals surface area contributed by atoms with Crippen molar-refractivity contribution in [3.8, 4) is 0 Å². The molecule has 0 saturated carbocycles. The summed E-state index contributed by atoms with van der Waals surface area (Å²) in [5.74, 6) is 0.323. The number of carbonyl (C=O) groups excluding carboxylic acids is 1. The zero-order chi connectivity index (χ0) is 13.4. The molecule has 3 aromatic rings. The van der Waals surface area contributed by atoms with Crippen molar-refractivity contribution in [2.45, 2.75) is 13.8 Å². The average Bonchev–Trinajstić information content (AvgIpc) is 2.80. The van der Waals surface area contributed by atoms with Crippen LogP contribution in [-0.4, -0.2) is 5.78 Å². The molecule has 0 unspecified atom stereocenters. The van der Waals surface area contributed by atoms with Gasteiger partial charge in [-0.25, -0.2) is 0 Å². The summed E-state index contributed by atoms with van der Waals surface area (Å²) in [6.45, 7) is 3.99. The van der Waals surface area contributed by atoms with E-state index in [1.54, 1.807) is 0 Å². The quantitative estimate of drug-likeness (QED) is 0.635. The standard InChI is InChI=1S/C17H14O2/c1-11-4-3-5-13(8-11)17(18)16-10-14-9-12(2)6-7-15(14)19-16/h3-10H,1-2H3. The fourth-order valence-electron chi connectivity index (χ4n) is 2.20. The van der Waals surface area contributed by atoms with Crippen molar-refractivity contribution in [3.05, 3.63) is 71.0 Å². The van der Waals surface area contributed by atoms with Gasteiger partial charge in [0.15, 0.2) is 5.76 Å². The third kappa shape index (κ3) is 2.17. The van der Waals surface area contributed by atoms with Gasteiger partial charge in [-0.1, -0.05) is 35.4 Å². The van der Waals surface area contributed by atoms with Crippen LogP contribution in [0.25, 0.3) is 11.0 Å². The first-order valence-corrected chi connectivity index (χ1v) is 6.25. The number of ketones is 1. The number of rotatable bonds is 2. The maximum absolute atomic E-state index is 12.4. The van der Waals surface area contributed by atoms with E-state index in [1.807, 2.05) is 62.4 Å². The first-order valence-electron chi connectivity index (χ1n) is 6.25. The Kier molecular flexibility index (Phi) is 2.71. The van der Waals surface area contributed by atoms with Gasteiger partial charge in [0.25, 0.3) is 0 Å². The Hall–Kier alpha value is -2.35. The van der Waals surface area contributed by atoms with Gasteiger partial charge in [0.1, 0.15) is 5.58 Å². The van der Waals surface area contributed by atoms with Crippen molar-refractivity contribution < 1.29 is 9.21 Å². The van der Waals surface area contributed by atoms with Crippen LogP contribution < -0.4 is 0 Å². The molecular formula is C17H14O2. The highest BCUT2D eigenvalue weighted by molar-refractivity contribution is 6.09. The molecule has 0 aliphatic carbocycles. The number of carbonyl (C=O) groups is 1. The van der Waals surface area contributed by atoms with E-state index >= 15 is 0 Å². The maximum atomic E-state index is 12.4. The van der Waals surface area contributed by atoms with Crippen LogP contribution in [0.1, 0.15) is 27.2 Å². The van der Waals surface area contributed by atoms with Crippen molar-refractivity contribution in [2.24, 2.45) is 0 Å². The smallest absolute Gasteiger partial charge is 0.228 e. The van der Waals surface area contributed by atoms with Crippen molar-refractivity contribution in [1.82, 2.24) is 0 Å². The van der Waals surface area contributed by atoms with Crippen molar-refractivity contribution >= 4 is 16.8 Å². The minimum Gasteiger partial charge on any atom is -0.453 e. The van der Waals surface area contributed by atoms with E-state index in [-0.39, 0.29) is 5.78 Å².